The van der Waals surface area contributed by atoms with Crippen LogP contribution in [-0.4, -0.2) is 37.8 Å². The second-order valence-corrected chi connectivity index (χ2v) is 8.78. The van der Waals surface area contributed by atoms with Crippen molar-refractivity contribution in [2.24, 2.45) is 0 Å². The summed E-state index contributed by atoms with van der Waals surface area (Å²) >= 11 is 0. The number of rotatable bonds is 5. The standard InChI is InChI=1S/C20H24N2O3S/c1-15(2)21-20(23)18-7-5-6-17(14-18)16-8-10-19(11-9-16)26(24,25)22-12-3-4-13-22/h5-11,14-15H,3-4,12-13H2,1-2H3,(H,21,23). The quantitative estimate of drug-likeness (QED) is 0.876. The number of hydrogen-bond donors (Lipinski definition) is 1. The molecule has 0 spiro atoms. The van der Waals surface area contributed by atoms with Crippen LogP contribution >= 0.6 is 0 Å². The van der Waals surface area contributed by atoms with E-state index in [2.05, 4.69) is 5.32 Å². The first-order valence-corrected chi connectivity index (χ1v) is 10.3. The molecule has 26 heavy (non-hydrogen) atoms. The van der Waals surface area contributed by atoms with Gasteiger partial charge < -0.3 is 5.32 Å². The Hall–Kier alpha value is -2.18. The molecule has 0 aliphatic carbocycles. The van der Waals surface area contributed by atoms with E-state index >= 15 is 0 Å². The average molecular weight is 372 g/mol. The molecule has 0 saturated carbocycles. The Morgan fingerprint density at radius 2 is 1.65 bits per heavy atom. The number of amides is 1. The van der Waals surface area contributed by atoms with Crippen molar-refractivity contribution in [2.45, 2.75) is 37.6 Å². The van der Waals surface area contributed by atoms with Gasteiger partial charge in [-0.05, 0) is 62.1 Å². The van der Waals surface area contributed by atoms with Crippen LogP contribution in [0.3, 0.4) is 0 Å². The maximum atomic E-state index is 12.6. The van der Waals surface area contributed by atoms with Crippen LogP contribution in [0.25, 0.3) is 11.1 Å². The zero-order valence-corrected chi connectivity index (χ0v) is 15.9. The predicted octanol–water partition coefficient (Wildman–Crippen LogP) is 3.28. The van der Waals surface area contributed by atoms with Crippen LogP contribution in [0.15, 0.2) is 53.4 Å². The van der Waals surface area contributed by atoms with Crippen molar-refractivity contribution in [3.05, 3.63) is 54.1 Å². The van der Waals surface area contributed by atoms with Gasteiger partial charge in [-0.2, -0.15) is 4.31 Å². The van der Waals surface area contributed by atoms with Crippen molar-refractivity contribution >= 4 is 15.9 Å². The second kappa shape index (κ2) is 7.60. The Morgan fingerprint density at radius 1 is 1.00 bits per heavy atom. The number of hydrogen-bond acceptors (Lipinski definition) is 3. The molecule has 2 aromatic rings. The molecule has 1 heterocycles. The molecule has 1 N–H and O–H groups in total. The average Bonchev–Trinajstić information content (AvgIpc) is 3.17. The lowest BCUT2D eigenvalue weighted by molar-refractivity contribution is 0.0943. The third-order valence-electron chi connectivity index (χ3n) is 4.43. The van der Waals surface area contributed by atoms with Gasteiger partial charge in [0.1, 0.15) is 0 Å². The molecule has 1 saturated heterocycles. The van der Waals surface area contributed by atoms with Gasteiger partial charge in [-0.3, -0.25) is 4.79 Å². The van der Waals surface area contributed by atoms with Crippen molar-refractivity contribution in [3.63, 3.8) is 0 Å². The zero-order chi connectivity index (χ0) is 18.7. The molecule has 1 fully saturated rings. The number of carbonyl (C=O) groups excluding carboxylic acids is 1. The fourth-order valence-electron chi connectivity index (χ4n) is 3.08. The van der Waals surface area contributed by atoms with E-state index < -0.39 is 10.0 Å². The number of carbonyl (C=O) groups is 1. The van der Waals surface area contributed by atoms with Crippen molar-refractivity contribution in [1.29, 1.82) is 0 Å². The van der Waals surface area contributed by atoms with Crippen molar-refractivity contribution in [1.82, 2.24) is 9.62 Å². The van der Waals surface area contributed by atoms with E-state index in [0.29, 0.717) is 23.5 Å². The summed E-state index contributed by atoms with van der Waals surface area (Å²) in [4.78, 5) is 12.5. The van der Waals surface area contributed by atoms with E-state index in [4.69, 9.17) is 0 Å². The SMILES string of the molecule is CC(C)NC(=O)c1cccc(-c2ccc(S(=O)(=O)N3CCCC3)cc2)c1. The number of benzene rings is 2. The van der Waals surface area contributed by atoms with E-state index in [0.717, 1.165) is 24.0 Å². The first-order chi connectivity index (χ1) is 12.4. The van der Waals surface area contributed by atoms with Crippen LogP contribution in [0, 0.1) is 0 Å². The van der Waals surface area contributed by atoms with Crippen molar-refractivity contribution in [3.8, 4) is 11.1 Å². The molecule has 0 radical (unpaired) electrons. The minimum absolute atomic E-state index is 0.0706. The summed E-state index contributed by atoms with van der Waals surface area (Å²) in [6, 6.07) is 14.3. The van der Waals surface area contributed by atoms with E-state index in [1.807, 2.05) is 32.0 Å². The van der Waals surface area contributed by atoms with Crippen LogP contribution in [0.5, 0.6) is 0 Å². The molecule has 2 aromatic carbocycles. The topological polar surface area (TPSA) is 66.5 Å². The van der Waals surface area contributed by atoms with Crippen LogP contribution in [0.2, 0.25) is 0 Å². The molecule has 6 heteroatoms. The third kappa shape index (κ3) is 3.97. The van der Waals surface area contributed by atoms with Gasteiger partial charge in [0.2, 0.25) is 10.0 Å². The highest BCUT2D eigenvalue weighted by Crippen LogP contribution is 2.25. The van der Waals surface area contributed by atoms with E-state index in [-0.39, 0.29) is 11.9 Å². The smallest absolute Gasteiger partial charge is 0.251 e. The normalized spacial score (nSPS) is 15.3. The largest absolute Gasteiger partial charge is 0.350 e. The lowest BCUT2D eigenvalue weighted by Gasteiger charge is -2.15. The zero-order valence-electron chi connectivity index (χ0n) is 15.1. The molecule has 1 aliphatic rings. The van der Waals surface area contributed by atoms with Crippen LogP contribution < -0.4 is 5.32 Å². The number of sulfonamides is 1. The van der Waals surface area contributed by atoms with Gasteiger partial charge >= 0.3 is 0 Å². The summed E-state index contributed by atoms with van der Waals surface area (Å²) in [6.07, 6.45) is 1.84. The van der Waals surface area contributed by atoms with Crippen LogP contribution in [0.1, 0.15) is 37.0 Å². The summed E-state index contributed by atoms with van der Waals surface area (Å²) < 4.78 is 26.7. The molecule has 1 aliphatic heterocycles. The highest BCUT2D eigenvalue weighted by Gasteiger charge is 2.26. The third-order valence-corrected chi connectivity index (χ3v) is 6.35. The fraction of sp³-hybridized carbons (Fsp3) is 0.350. The second-order valence-electron chi connectivity index (χ2n) is 6.84. The van der Waals surface area contributed by atoms with Crippen LogP contribution in [-0.2, 0) is 10.0 Å². The molecular formula is C20H24N2O3S. The summed E-state index contributed by atoms with van der Waals surface area (Å²) in [5, 5.41) is 2.87. The van der Waals surface area contributed by atoms with E-state index in [1.165, 1.54) is 0 Å². The van der Waals surface area contributed by atoms with Gasteiger partial charge in [0.25, 0.3) is 5.91 Å². The molecule has 0 bridgehead atoms. The summed E-state index contributed by atoms with van der Waals surface area (Å²) in [5.41, 5.74) is 2.35. The Morgan fingerprint density at radius 3 is 2.27 bits per heavy atom. The Balaban J connectivity index is 1.84. The van der Waals surface area contributed by atoms with E-state index in [1.54, 1.807) is 34.6 Å². The summed E-state index contributed by atoms with van der Waals surface area (Å²) in [5.74, 6) is -0.116. The number of nitrogens with zero attached hydrogens (tertiary/aromatic N) is 1. The van der Waals surface area contributed by atoms with E-state index in [9.17, 15) is 13.2 Å². The van der Waals surface area contributed by atoms with Gasteiger partial charge in [0, 0.05) is 24.7 Å². The van der Waals surface area contributed by atoms with Gasteiger partial charge in [-0.15, -0.1) is 0 Å². The van der Waals surface area contributed by atoms with Crippen molar-refractivity contribution < 1.29 is 13.2 Å². The predicted molar refractivity (Wildman–Crippen MR) is 102 cm³/mol. The molecule has 1 amide bonds. The maximum Gasteiger partial charge on any atom is 0.251 e. The fourth-order valence-corrected chi connectivity index (χ4v) is 4.60. The monoisotopic (exact) mass is 372 g/mol. The minimum atomic E-state index is -3.40. The van der Waals surface area contributed by atoms with Crippen molar-refractivity contribution in [2.75, 3.05) is 13.1 Å². The Labute approximate surface area is 155 Å². The lowest BCUT2D eigenvalue weighted by atomic mass is 10.0. The highest BCUT2D eigenvalue weighted by molar-refractivity contribution is 7.89. The first kappa shape index (κ1) is 18.6. The summed E-state index contributed by atoms with van der Waals surface area (Å²) in [7, 11) is -3.40. The molecule has 3 rings (SSSR count). The molecule has 138 valence electrons. The molecular weight excluding hydrogens is 348 g/mol. The highest BCUT2D eigenvalue weighted by atomic mass is 32.2. The first-order valence-electron chi connectivity index (χ1n) is 8.89. The molecule has 0 atom stereocenters. The molecule has 0 aromatic heterocycles. The molecule has 0 unspecified atom stereocenters. The maximum absolute atomic E-state index is 12.6. The van der Waals surface area contributed by atoms with Gasteiger partial charge in [0.15, 0.2) is 0 Å². The number of nitrogens with one attached hydrogen (secondary N) is 1. The van der Waals surface area contributed by atoms with Crippen LogP contribution in [0.4, 0.5) is 0 Å². The summed E-state index contributed by atoms with van der Waals surface area (Å²) in [6.45, 7) is 5.02. The molecule has 5 nitrogen and oxygen atoms in total. The lowest BCUT2D eigenvalue weighted by Crippen LogP contribution is -2.30. The van der Waals surface area contributed by atoms with Gasteiger partial charge in [-0.25, -0.2) is 8.42 Å². The minimum Gasteiger partial charge on any atom is -0.350 e. The van der Waals surface area contributed by atoms with Gasteiger partial charge in [0.05, 0.1) is 4.90 Å². The Bertz CT molecular complexity index is 884. The Kier molecular flexibility index (Phi) is 5.44. The van der Waals surface area contributed by atoms with Gasteiger partial charge in [-0.1, -0.05) is 24.3 Å².